The molecule has 2 saturated heterocycles. The Morgan fingerprint density at radius 2 is 2.04 bits per heavy atom. The van der Waals surface area contributed by atoms with Crippen molar-refractivity contribution < 1.29 is 18.0 Å². The molecule has 3 rings (SSSR count). The average molecular weight is 345 g/mol. The van der Waals surface area contributed by atoms with Gasteiger partial charge in [0.05, 0.1) is 12.6 Å². The van der Waals surface area contributed by atoms with Gasteiger partial charge in [-0.1, -0.05) is 0 Å². The summed E-state index contributed by atoms with van der Waals surface area (Å²) in [4.78, 5) is 15.4. The normalized spacial score (nSPS) is 23.5. The molecule has 1 N–H and O–H groups in total. The van der Waals surface area contributed by atoms with Crippen LogP contribution in [-0.2, 0) is 0 Å². The van der Waals surface area contributed by atoms with Gasteiger partial charge in [0, 0.05) is 38.9 Å². The number of nitrogens with one attached hydrogen (secondary N) is 1. The Labute approximate surface area is 138 Å². The molecule has 0 spiro atoms. The maximum absolute atomic E-state index is 12.5. The van der Waals surface area contributed by atoms with Gasteiger partial charge in [-0.2, -0.15) is 18.3 Å². The molecule has 6 nitrogen and oxygen atoms in total. The van der Waals surface area contributed by atoms with Gasteiger partial charge in [-0.15, -0.1) is 0 Å². The molecule has 0 aliphatic carbocycles. The molecule has 9 heteroatoms. The van der Waals surface area contributed by atoms with Gasteiger partial charge in [-0.25, -0.2) is 0 Å². The molecular weight excluding hydrogens is 323 g/mol. The Balaban J connectivity index is 1.55. The van der Waals surface area contributed by atoms with Gasteiger partial charge < -0.3 is 10.2 Å². The standard InChI is InChI=1S/C15H22F3N5O/c16-15(17,18)11-21-6-8-22(9-7-21)14(24)13-3-5-23(20-13)12-2-1-4-19-10-12/h3,5,12,19H,1-2,4,6-11H2. The minimum absolute atomic E-state index is 0.204. The number of carbonyl (C=O) groups excluding carboxylic acids is 1. The number of nitrogens with zero attached hydrogens (tertiary/aromatic N) is 4. The third-order valence-corrected chi connectivity index (χ3v) is 4.53. The van der Waals surface area contributed by atoms with Gasteiger partial charge >= 0.3 is 6.18 Å². The van der Waals surface area contributed by atoms with Crippen LogP contribution in [-0.4, -0.2) is 77.5 Å². The smallest absolute Gasteiger partial charge is 0.335 e. The van der Waals surface area contributed by atoms with Crippen molar-refractivity contribution >= 4 is 5.91 Å². The molecule has 3 heterocycles. The van der Waals surface area contributed by atoms with Crippen LogP contribution in [0.25, 0.3) is 0 Å². The quantitative estimate of drug-likeness (QED) is 0.892. The molecule has 2 aliphatic rings. The second-order valence-corrected chi connectivity index (χ2v) is 6.36. The van der Waals surface area contributed by atoms with E-state index >= 15 is 0 Å². The number of rotatable bonds is 3. The van der Waals surface area contributed by atoms with E-state index < -0.39 is 12.7 Å². The zero-order valence-electron chi connectivity index (χ0n) is 13.4. The third kappa shape index (κ3) is 4.27. The molecular formula is C15H22F3N5O. The lowest BCUT2D eigenvalue weighted by atomic mass is 10.1. The number of alkyl halides is 3. The van der Waals surface area contributed by atoms with Crippen molar-refractivity contribution in [3.63, 3.8) is 0 Å². The van der Waals surface area contributed by atoms with E-state index in [0.717, 1.165) is 25.9 Å². The summed E-state index contributed by atoms with van der Waals surface area (Å²) in [6, 6.07) is 1.95. The molecule has 134 valence electrons. The van der Waals surface area contributed by atoms with Gasteiger partial charge in [-0.3, -0.25) is 14.4 Å². The molecule has 2 aliphatic heterocycles. The lowest BCUT2D eigenvalue weighted by molar-refractivity contribution is -0.148. The first-order valence-corrected chi connectivity index (χ1v) is 8.26. The molecule has 0 aromatic carbocycles. The summed E-state index contributed by atoms with van der Waals surface area (Å²) in [5.41, 5.74) is 0.366. The van der Waals surface area contributed by atoms with Crippen LogP contribution in [0.2, 0.25) is 0 Å². The summed E-state index contributed by atoms with van der Waals surface area (Å²) in [7, 11) is 0. The minimum atomic E-state index is -4.20. The fourth-order valence-electron chi connectivity index (χ4n) is 3.24. The molecule has 24 heavy (non-hydrogen) atoms. The zero-order chi connectivity index (χ0) is 17.2. The van der Waals surface area contributed by atoms with Crippen molar-refractivity contribution in [3.8, 4) is 0 Å². The number of aromatic nitrogens is 2. The van der Waals surface area contributed by atoms with Crippen LogP contribution in [0, 0.1) is 0 Å². The van der Waals surface area contributed by atoms with Crippen molar-refractivity contribution in [2.45, 2.75) is 25.1 Å². The van der Waals surface area contributed by atoms with E-state index in [1.807, 2.05) is 10.9 Å². The largest absolute Gasteiger partial charge is 0.401 e. The van der Waals surface area contributed by atoms with E-state index in [1.165, 1.54) is 4.90 Å². The number of piperazine rings is 1. The molecule has 1 atom stereocenters. The van der Waals surface area contributed by atoms with E-state index in [2.05, 4.69) is 10.4 Å². The number of carbonyl (C=O) groups is 1. The predicted molar refractivity (Wildman–Crippen MR) is 81.8 cm³/mol. The van der Waals surface area contributed by atoms with Crippen LogP contribution >= 0.6 is 0 Å². The molecule has 1 amide bonds. The Kier molecular flexibility index (Phi) is 5.09. The van der Waals surface area contributed by atoms with Crippen LogP contribution < -0.4 is 5.32 Å². The van der Waals surface area contributed by atoms with Gasteiger partial charge in [0.25, 0.3) is 5.91 Å². The molecule has 1 aromatic heterocycles. The van der Waals surface area contributed by atoms with Crippen LogP contribution in [0.5, 0.6) is 0 Å². The first-order valence-electron chi connectivity index (χ1n) is 8.26. The maximum Gasteiger partial charge on any atom is 0.401 e. The van der Waals surface area contributed by atoms with Crippen molar-refractivity contribution in [3.05, 3.63) is 18.0 Å². The lowest BCUT2D eigenvalue weighted by Crippen LogP contribution is -2.51. The molecule has 0 bridgehead atoms. The van der Waals surface area contributed by atoms with E-state index in [1.54, 1.807) is 11.0 Å². The zero-order valence-corrected chi connectivity index (χ0v) is 13.4. The van der Waals surface area contributed by atoms with Crippen molar-refractivity contribution in [1.82, 2.24) is 24.9 Å². The number of halogens is 3. The molecule has 0 saturated carbocycles. The monoisotopic (exact) mass is 345 g/mol. The number of piperidine rings is 1. The highest BCUT2D eigenvalue weighted by Gasteiger charge is 2.33. The topological polar surface area (TPSA) is 53.4 Å². The van der Waals surface area contributed by atoms with Gasteiger partial charge in [0.2, 0.25) is 0 Å². The Morgan fingerprint density at radius 1 is 1.29 bits per heavy atom. The average Bonchev–Trinajstić information content (AvgIpc) is 3.04. The second kappa shape index (κ2) is 7.10. The molecule has 0 radical (unpaired) electrons. The number of hydrogen-bond donors (Lipinski definition) is 1. The minimum Gasteiger partial charge on any atom is -0.335 e. The van der Waals surface area contributed by atoms with Crippen molar-refractivity contribution in [2.24, 2.45) is 0 Å². The SMILES string of the molecule is O=C(c1ccn(C2CCCNC2)n1)N1CCN(CC(F)(F)F)CC1. The summed E-state index contributed by atoms with van der Waals surface area (Å²) >= 11 is 0. The van der Waals surface area contributed by atoms with E-state index in [4.69, 9.17) is 0 Å². The fraction of sp³-hybridized carbons (Fsp3) is 0.733. The molecule has 1 unspecified atom stereocenters. The Bertz CT molecular complexity index is 560. The van der Waals surface area contributed by atoms with Crippen LogP contribution in [0.4, 0.5) is 13.2 Å². The number of hydrogen-bond acceptors (Lipinski definition) is 4. The van der Waals surface area contributed by atoms with Crippen LogP contribution in [0.1, 0.15) is 29.4 Å². The highest BCUT2D eigenvalue weighted by molar-refractivity contribution is 5.92. The summed E-state index contributed by atoms with van der Waals surface area (Å²) in [6.07, 6.45) is -0.281. The lowest BCUT2D eigenvalue weighted by Gasteiger charge is -2.34. The second-order valence-electron chi connectivity index (χ2n) is 6.36. The van der Waals surface area contributed by atoms with Gasteiger partial charge in [0.1, 0.15) is 5.69 Å². The molecule has 2 fully saturated rings. The first-order chi connectivity index (χ1) is 11.4. The van der Waals surface area contributed by atoms with Crippen LogP contribution in [0.15, 0.2) is 12.3 Å². The fourth-order valence-corrected chi connectivity index (χ4v) is 3.24. The first kappa shape index (κ1) is 17.2. The van der Waals surface area contributed by atoms with E-state index in [-0.39, 0.29) is 25.0 Å². The summed E-state index contributed by atoms with van der Waals surface area (Å²) in [5.74, 6) is -0.204. The summed E-state index contributed by atoms with van der Waals surface area (Å²) in [6.45, 7) is 1.99. The maximum atomic E-state index is 12.5. The predicted octanol–water partition coefficient (Wildman–Crippen LogP) is 1.13. The van der Waals surface area contributed by atoms with Crippen molar-refractivity contribution in [2.75, 3.05) is 45.8 Å². The van der Waals surface area contributed by atoms with Crippen molar-refractivity contribution in [1.29, 1.82) is 0 Å². The Hall–Kier alpha value is -1.61. The highest BCUT2D eigenvalue weighted by Crippen LogP contribution is 2.19. The summed E-state index contributed by atoms with van der Waals surface area (Å²) < 4.78 is 39.0. The van der Waals surface area contributed by atoms with Crippen LogP contribution in [0.3, 0.4) is 0 Å². The highest BCUT2D eigenvalue weighted by atomic mass is 19.4. The van der Waals surface area contributed by atoms with E-state index in [0.29, 0.717) is 18.8 Å². The third-order valence-electron chi connectivity index (χ3n) is 4.53. The summed E-state index contributed by atoms with van der Waals surface area (Å²) in [5, 5.41) is 7.68. The van der Waals surface area contributed by atoms with Gasteiger partial charge in [-0.05, 0) is 25.5 Å². The Morgan fingerprint density at radius 3 is 2.67 bits per heavy atom. The molecule has 1 aromatic rings. The van der Waals surface area contributed by atoms with E-state index in [9.17, 15) is 18.0 Å². The van der Waals surface area contributed by atoms with Gasteiger partial charge in [0.15, 0.2) is 0 Å². The number of amides is 1.